The van der Waals surface area contributed by atoms with Crippen molar-refractivity contribution in [3.63, 3.8) is 0 Å². The van der Waals surface area contributed by atoms with Crippen LogP contribution < -0.4 is 0 Å². The van der Waals surface area contributed by atoms with Crippen LogP contribution in [0.15, 0.2) is 35.5 Å². The van der Waals surface area contributed by atoms with Crippen molar-refractivity contribution in [2.75, 3.05) is 13.7 Å². The maximum atomic E-state index is 13.3. The van der Waals surface area contributed by atoms with Crippen molar-refractivity contribution >= 4 is 50.4 Å². The summed E-state index contributed by atoms with van der Waals surface area (Å²) in [5, 5.41) is 0.170. The highest BCUT2D eigenvalue weighted by molar-refractivity contribution is 7.89. The van der Waals surface area contributed by atoms with Crippen LogP contribution in [0.4, 0.5) is 0 Å². The third kappa shape index (κ3) is 5.86. The van der Waals surface area contributed by atoms with Crippen molar-refractivity contribution < 1.29 is 17.9 Å². The molecule has 12 heteroatoms. The second-order valence-corrected chi connectivity index (χ2v) is 11.0. The van der Waals surface area contributed by atoms with Gasteiger partial charge in [-0.2, -0.15) is 9.29 Å². The van der Waals surface area contributed by atoms with Crippen LogP contribution in [0.1, 0.15) is 39.2 Å². The molecule has 0 unspecified atom stereocenters. The van der Waals surface area contributed by atoms with Crippen molar-refractivity contribution in [1.82, 2.24) is 23.8 Å². The first kappa shape index (κ1) is 26.3. The molecule has 0 saturated heterocycles. The summed E-state index contributed by atoms with van der Waals surface area (Å²) in [6.07, 6.45) is 2.59. The Balaban J connectivity index is 1.82. The van der Waals surface area contributed by atoms with E-state index in [1.54, 1.807) is 23.0 Å². The average molecular weight is 528 g/mol. The zero-order chi connectivity index (χ0) is 25.0. The van der Waals surface area contributed by atoms with Crippen molar-refractivity contribution in [3.8, 4) is 0 Å². The van der Waals surface area contributed by atoms with Crippen LogP contribution in [0, 0.1) is 5.92 Å². The first-order valence-electron chi connectivity index (χ1n) is 10.8. The molecule has 3 aromatic rings. The van der Waals surface area contributed by atoms with Crippen molar-refractivity contribution in [1.29, 1.82) is 0 Å². The number of benzene rings is 1. The largest absolute Gasteiger partial charge is 0.465 e. The fourth-order valence-electron chi connectivity index (χ4n) is 3.44. The lowest BCUT2D eigenvalue weighted by Crippen LogP contribution is -2.44. The Morgan fingerprint density at radius 3 is 2.47 bits per heavy atom. The van der Waals surface area contributed by atoms with Gasteiger partial charge in [0, 0.05) is 7.05 Å². The smallest absolute Gasteiger partial charge is 0.324 e. The minimum absolute atomic E-state index is 0.0112. The van der Waals surface area contributed by atoms with Crippen LogP contribution in [-0.4, -0.2) is 57.9 Å². The lowest BCUT2D eigenvalue weighted by atomic mass is 10.0. The van der Waals surface area contributed by atoms with Gasteiger partial charge in [-0.1, -0.05) is 44.5 Å². The number of hydrogen-bond donors (Lipinski definition) is 0. The normalized spacial score (nSPS) is 13.1. The van der Waals surface area contributed by atoms with E-state index in [1.165, 1.54) is 19.2 Å². The molecule has 0 N–H and O–H groups in total. The van der Waals surface area contributed by atoms with E-state index < -0.39 is 22.0 Å². The maximum absolute atomic E-state index is 13.3. The molecule has 0 amide bonds. The molecule has 0 radical (unpaired) electrons. The molecule has 34 heavy (non-hydrogen) atoms. The highest BCUT2D eigenvalue weighted by Crippen LogP contribution is 2.24. The molecule has 3 rings (SSSR count). The second-order valence-electron chi connectivity index (χ2n) is 8.31. The molecule has 0 aliphatic heterocycles. The summed E-state index contributed by atoms with van der Waals surface area (Å²) >= 11 is 12.0. The van der Waals surface area contributed by atoms with E-state index in [4.69, 9.17) is 27.9 Å². The number of esters is 1. The summed E-state index contributed by atoms with van der Waals surface area (Å²) in [7, 11) is -2.51. The van der Waals surface area contributed by atoms with E-state index in [0.29, 0.717) is 30.6 Å². The van der Waals surface area contributed by atoms with Crippen molar-refractivity contribution in [3.05, 3.63) is 46.6 Å². The number of likely N-dealkylation sites (N-methyl/N-ethyl adjacent to an activating group) is 1. The monoisotopic (exact) mass is 527 g/mol. The van der Waals surface area contributed by atoms with Gasteiger partial charge in [0.15, 0.2) is 10.8 Å². The lowest BCUT2D eigenvalue weighted by molar-refractivity contribution is -0.148. The van der Waals surface area contributed by atoms with Crippen molar-refractivity contribution in [2.24, 2.45) is 5.92 Å². The van der Waals surface area contributed by atoms with Crippen LogP contribution in [0.5, 0.6) is 0 Å². The standard InChI is InChI=1S/C22H27Cl2N5O4S/c1-5-10-33-21(30)17(11-14(2)3)28(4)34(31,32)16-8-6-15(7-9-16)12-29-13-25-18-19(23)26-22(24)27-20(18)29/h6-9,13-14,17H,5,10-12H2,1-4H3/t17-/m0/s1. The number of imidazole rings is 1. The van der Waals surface area contributed by atoms with Crippen LogP contribution in [-0.2, 0) is 26.1 Å². The average Bonchev–Trinajstić information content (AvgIpc) is 3.18. The number of ether oxygens (including phenoxy) is 1. The number of aromatic nitrogens is 4. The summed E-state index contributed by atoms with van der Waals surface area (Å²) < 4.78 is 34.6. The Labute approximate surface area is 209 Å². The predicted octanol–water partition coefficient (Wildman–Crippen LogP) is 4.17. The SMILES string of the molecule is CCCOC(=O)[C@H](CC(C)C)N(C)S(=O)(=O)c1ccc(Cn2cnc3c(Cl)nc(Cl)nc32)cc1. The van der Waals surface area contributed by atoms with E-state index in [1.807, 2.05) is 20.8 Å². The minimum atomic E-state index is -3.92. The summed E-state index contributed by atoms with van der Waals surface area (Å²) in [5.74, 6) is -0.431. The molecular weight excluding hydrogens is 501 g/mol. The molecule has 184 valence electrons. The molecule has 0 saturated carbocycles. The van der Waals surface area contributed by atoms with Gasteiger partial charge in [0.05, 0.1) is 24.4 Å². The van der Waals surface area contributed by atoms with Gasteiger partial charge in [-0.15, -0.1) is 0 Å². The Kier molecular flexibility index (Phi) is 8.51. The summed E-state index contributed by atoms with van der Waals surface area (Å²) in [6, 6.07) is 5.52. The van der Waals surface area contributed by atoms with Gasteiger partial charge in [0.1, 0.15) is 11.6 Å². The predicted molar refractivity (Wildman–Crippen MR) is 130 cm³/mol. The molecule has 1 aromatic carbocycles. The topological polar surface area (TPSA) is 107 Å². The van der Waals surface area contributed by atoms with Gasteiger partial charge in [-0.25, -0.2) is 18.4 Å². The third-order valence-corrected chi connectivity index (χ3v) is 7.51. The molecule has 2 aromatic heterocycles. The maximum Gasteiger partial charge on any atom is 0.324 e. The fraction of sp³-hybridized carbons (Fsp3) is 0.455. The van der Waals surface area contributed by atoms with E-state index >= 15 is 0 Å². The van der Waals surface area contributed by atoms with Crippen LogP contribution >= 0.6 is 23.2 Å². The van der Waals surface area contributed by atoms with E-state index in [9.17, 15) is 13.2 Å². The molecule has 0 bridgehead atoms. The summed E-state index contributed by atoms with van der Waals surface area (Å²) in [5.41, 5.74) is 1.72. The third-order valence-electron chi connectivity index (χ3n) is 5.20. The van der Waals surface area contributed by atoms with Crippen LogP contribution in [0.2, 0.25) is 10.4 Å². The Morgan fingerprint density at radius 1 is 1.18 bits per heavy atom. The summed E-state index contributed by atoms with van der Waals surface area (Å²) in [6.45, 7) is 6.37. The number of nitrogens with zero attached hydrogens (tertiary/aromatic N) is 5. The highest BCUT2D eigenvalue weighted by Gasteiger charge is 2.34. The van der Waals surface area contributed by atoms with Gasteiger partial charge in [-0.05, 0) is 48.1 Å². The van der Waals surface area contributed by atoms with E-state index in [2.05, 4.69) is 15.0 Å². The Hall–Kier alpha value is -2.27. The van der Waals surface area contributed by atoms with Gasteiger partial charge in [-0.3, -0.25) is 4.79 Å². The molecule has 0 aliphatic carbocycles. The quantitative estimate of drug-likeness (QED) is 0.221. The van der Waals surface area contributed by atoms with E-state index in [0.717, 1.165) is 9.87 Å². The Morgan fingerprint density at radius 2 is 1.85 bits per heavy atom. The van der Waals surface area contributed by atoms with E-state index in [-0.39, 0.29) is 27.9 Å². The number of halogens is 2. The zero-order valence-corrected chi connectivity index (χ0v) is 21.7. The van der Waals surface area contributed by atoms with Crippen LogP contribution in [0.3, 0.4) is 0 Å². The molecule has 1 atom stereocenters. The molecule has 9 nitrogen and oxygen atoms in total. The first-order chi connectivity index (χ1) is 16.0. The molecule has 0 fully saturated rings. The fourth-order valence-corrected chi connectivity index (χ4v) is 5.18. The molecule has 0 aliphatic rings. The lowest BCUT2D eigenvalue weighted by Gasteiger charge is -2.27. The number of hydrogen-bond acceptors (Lipinski definition) is 7. The van der Waals surface area contributed by atoms with Gasteiger partial charge in [0.2, 0.25) is 15.3 Å². The van der Waals surface area contributed by atoms with Gasteiger partial charge < -0.3 is 9.30 Å². The molecule has 2 heterocycles. The van der Waals surface area contributed by atoms with Gasteiger partial charge in [0.25, 0.3) is 0 Å². The van der Waals surface area contributed by atoms with Gasteiger partial charge >= 0.3 is 5.97 Å². The Bertz CT molecular complexity index is 1260. The number of rotatable bonds is 10. The molecular formula is C22H27Cl2N5O4S. The summed E-state index contributed by atoms with van der Waals surface area (Å²) in [4.78, 5) is 24.9. The molecule has 0 spiro atoms. The first-order valence-corrected chi connectivity index (χ1v) is 13.0. The van der Waals surface area contributed by atoms with Crippen molar-refractivity contribution in [2.45, 2.75) is 51.1 Å². The highest BCUT2D eigenvalue weighted by atomic mass is 35.5. The minimum Gasteiger partial charge on any atom is -0.465 e. The number of fused-ring (bicyclic) bond motifs is 1. The number of carbonyl (C=O) groups excluding carboxylic acids is 1. The second kappa shape index (κ2) is 11.0. The number of carbonyl (C=O) groups is 1. The zero-order valence-electron chi connectivity index (χ0n) is 19.4. The van der Waals surface area contributed by atoms with Crippen LogP contribution in [0.25, 0.3) is 11.2 Å². The number of sulfonamides is 1.